The SMILES string of the molecule is CCNC(=S)N/N=C/c1ccc(OCc2ccc(F)cc2)cc1. The highest BCUT2D eigenvalue weighted by Crippen LogP contribution is 2.13. The fraction of sp³-hybridized carbons (Fsp3) is 0.176. The molecule has 0 atom stereocenters. The van der Waals surface area contributed by atoms with E-state index in [9.17, 15) is 4.39 Å². The molecule has 2 rings (SSSR count). The topological polar surface area (TPSA) is 45.7 Å². The Bertz CT molecular complexity index is 657. The van der Waals surface area contributed by atoms with Crippen molar-refractivity contribution in [2.75, 3.05) is 6.54 Å². The Labute approximate surface area is 140 Å². The molecular weight excluding hydrogens is 313 g/mol. The number of hydrogen-bond acceptors (Lipinski definition) is 3. The first-order valence-electron chi connectivity index (χ1n) is 7.21. The van der Waals surface area contributed by atoms with Gasteiger partial charge >= 0.3 is 0 Å². The van der Waals surface area contributed by atoms with E-state index >= 15 is 0 Å². The normalized spacial score (nSPS) is 10.5. The van der Waals surface area contributed by atoms with Crippen LogP contribution >= 0.6 is 12.2 Å². The molecule has 0 aliphatic carbocycles. The van der Waals surface area contributed by atoms with Crippen LogP contribution in [0, 0.1) is 5.82 Å². The van der Waals surface area contributed by atoms with Crippen molar-refractivity contribution in [3.8, 4) is 5.75 Å². The molecule has 0 bridgehead atoms. The third-order valence-corrected chi connectivity index (χ3v) is 3.15. The van der Waals surface area contributed by atoms with E-state index in [1.165, 1.54) is 12.1 Å². The zero-order valence-electron chi connectivity index (χ0n) is 12.8. The number of hydrogen-bond donors (Lipinski definition) is 2. The van der Waals surface area contributed by atoms with Crippen molar-refractivity contribution in [3.63, 3.8) is 0 Å². The highest BCUT2D eigenvalue weighted by atomic mass is 32.1. The summed E-state index contributed by atoms with van der Waals surface area (Å²) >= 11 is 5.00. The Balaban J connectivity index is 1.83. The molecule has 120 valence electrons. The van der Waals surface area contributed by atoms with Gasteiger partial charge in [0.05, 0.1) is 6.21 Å². The fourth-order valence-corrected chi connectivity index (χ4v) is 1.96. The zero-order valence-corrected chi connectivity index (χ0v) is 13.6. The molecule has 23 heavy (non-hydrogen) atoms. The van der Waals surface area contributed by atoms with E-state index in [1.54, 1.807) is 18.3 Å². The standard InChI is InChI=1S/C17H18FN3OS/c1-2-19-17(23)21-20-11-13-5-9-16(10-6-13)22-12-14-3-7-15(18)8-4-14/h3-11H,2,12H2,1H3,(H2,19,21,23)/b20-11+. The van der Waals surface area contributed by atoms with Crippen LogP contribution in [0.15, 0.2) is 53.6 Å². The predicted molar refractivity (Wildman–Crippen MR) is 94.2 cm³/mol. The molecule has 0 saturated heterocycles. The average molecular weight is 331 g/mol. The monoisotopic (exact) mass is 331 g/mol. The van der Waals surface area contributed by atoms with Gasteiger partial charge in [-0.2, -0.15) is 5.10 Å². The van der Waals surface area contributed by atoms with Crippen LogP contribution in [-0.4, -0.2) is 17.9 Å². The second kappa shape index (κ2) is 8.85. The minimum Gasteiger partial charge on any atom is -0.489 e. The third kappa shape index (κ3) is 6.04. The van der Waals surface area contributed by atoms with E-state index in [-0.39, 0.29) is 5.82 Å². The average Bonchev–Trinajstić information content (AvgIpc) is 2.56. The van der Waals surface area contributed by atoms with Gasteiger partial charge in [0.15, 0.2) is 5.11 Å². The lowest BCUT2D eigenvalue weighted by molar-refractivity contribution is 0.306. The number of benzene rings is 2. The maximum Gasteiger partial charge on any atom is 0.186 e. The number of hydrazone groups is 1. The lowest BCUT2D eigenvalue weighted by Gasteiger charge is -2.06. The summed E-state index contributed by atoms with van der Waals surface area (Å²) in [5, 5.41) is 7.47. The Morgan fingerprint density at radius 1 is 1.17 bits per heavy atom. The van der Waals surface area contributed by atoms with Gasteiger partial charge in [-0.25, -0.2) is 4.39 Å². The maximum absolute atomic E-state index is 12.8. The predicted octanol–water partition coefficient (Wildman–Crippen LogP) is 3.22. The lowest BCUT2D eigenvalue weighted by Crippen LogP contribution is -2.31. The number of nitrogens with one attached hydrogen (secondary N) is 2. The highest BCUT2D eigenvalue weighted by Gasteiger charge is 1.97. The van der Waals surface area contributed by atoms with Crippen molar-refractivity contribution in [1.29, 1.82) is 0 Å². The molecule has 2 aromatic rings. The molecule has 2 N–H and O–H groups in total. The Kier molecular flexibility index (Phi) is 6.50. The molecule has 0 aliphatic rings. The van der Waals surface area contributed by atoms with Crippen LogP contribution in [0.3, 0.4) is 0 Å². The molecule has 0 saturated carbocycles. The molecule has 0 spiro atoms. The van der Waals surface area contributed by atoms with Crippen LogP contribution in [0.5, 0.6) is 5.75 Å². The Morgan fingerprint density at radius 2 is 1.87 bits per heavy atom. The van der Waals surface area contributed by atoms with Gasteiger partial charge in [0, 0.05) is 6.54 Å². The highest BCUT2D eigenvalue weighted by molar-refractivity contribution is 7.80. The van der Waals surface area contributed by atoms with Crippen LogP contribution < -0.4 is 15.5 Å². The van der Waals surface area contributed by atoms with Gasteiger partial charge < -0.3 is 10.1 Å². The zero-order chi connectivity index (χ0) is 16.5. The molecule has 0 fully saturated rings. The number of halogens is 1. The Hall–Kier alpha value is -2.47. The minimum atomic E-state index is -0.250. The van der Waals surface area contributed by atoms with Crippen molar-refractivity contribution >= 4 is 23.5 Å². The second-order valence-corrected chi connectivity index (χ2v) is 5.12. The van der Waals surface area contributed by atoms with Crippen LogP contribution in [0.1, 0.15) is 18.1 Å². The first kappa shape index (κ1) is 16.9. The molecular formula is C17H18FN3OS. The molecule has 0 amide bonds. The number of thiocarbonyl (C=S) groups is 1. The van der Waals surface area contributed by atoms with Gasteiger partial charge in [-0.1, -0.05) is 12.1 Å². The largest absolute Gasteiger partial charge is 0.489 e. The smallest absolute Gasteiger partial charge is 0.186 e. The summed E-state index contributed by atoms with van der Waals surface area (Å²) in [6, 6.07) is 13.7. The summed E-state index contributed by atoms with van der Waals surface area (Å²) in [7, 11) is 0. The van der Waals surface area contributed by atoms with Crippen molar-refractivity contribution in [2.45, 2.75) is 13.5 Å². The summed E-state index contributed by atoms with van der Waals surface area (Å²) in [6.45, 7) is 3.11. The van der Waals surface area contributed by atoms with Crippen molar-refractivity contribution in [2.24, 2.45) is 5.10 Å². The summed E-state index contributed by atoms with van der Waals surface area (Å²) in [4.78, 5) is 0. The molecule has 4 nitrogen and oxygen atoms in total. The first-order valence-corrected chi connectivity index (χ1v) is 7.62. The van der Waals surface area contributed by atoms with Gasteiger partial charge in [-0.15, -0.1) is 0 Å². The van der Waals surface area contributed by atoms with E-state index in [0.29, 0.717) is 11.7 Å². The summed E-state index contributed by atoms with van der Waals surface area (Å²) in [5.74, 6) is 0.488. The minimum absolute atomic E-state index is 0.250. The van der Waals surface area contributed by atoms with Gasteiger partial charge in [0.25, 0.3) is 0 Å². The van der Waals surface area contributed by atoms with Crippen LogP contribution in [-0.2, 0) is 6.61 Å². The van der Waals surface area contributed by atoms with Crippen LogP contribution in [0.2, 0.25) is 0 Å². The number of nitrogens with zero attached hydrogens (tertiary/aromatic N) is 1. The van der Waals surface area contributed by atoms with Crippen molar-refractivity contribution < 1.29 is 9.13 Å². The van der Waals surface area contributed by atoms with Gasteiger partial charge in [0.2, 0.25) is 0 Å². The summed E-state index contributed by atoms with van der Waals surface area (Å²) in [6.07, 6.45) is 1.67. The molecule has 0 heterocycles. The molecule has 0 aliphatic heterocycles. The molecule has 6 heteroatoms. The van der Waals surface area contributed by atoms with E-state index < -0.39 is 0 Å². The third-order valence-electron chi connectivity index (χ3n) is 2.92. The van der Waals surface area contributed by atoms with E-state index in [2.05, 4.69) is 15.8 Å². The maximum atomic E-state index is 12.8. The second-order valence-electron chi connectivity index (χ2n) is 4.71. The van der Waals surface area contributed by atoms with Crippen LogP contribution in [0.25, 0.3) is 0 Å². The molecule has 0 aromatic heterocycles. The van der Waals surface area contributed by atoms with E-state index in [4.69, 9.17) is 17.0 Å². The van der Waals surface area contributed by atoms with Crippen LogP contribution in [0.4, 0.5) is 4.39 Å². The molecule has 2 aromatic carbocycles. The summed E-state index contributed by atoms with van der Waals surface area (Å²) in [5.41, 5.74) is 4.56. The number of ether oxygens (including phenoxy) is 1. The Morgan fingerprint density at radius 3 is 2.52 bits per heavy atom. The summed E-state index contributed by atoms with van der Waals surface area (Å²) < 4.78 is 18.5. The fourth-order valence-electron chi connectivity index (χ4n) is 1.76. The van der Waals surface area contributed by atoms with E-state index in [1.807, 2.05) is 31.2 Å². The number of rotatable bonds is 6. The molecule has 0 unspecified atom stereocenters. The van der Waals surface area contributed by atoms with Gasteiger partial charge in [0.1, 0.15) is 18.2 Å². The van der Waals surface area contributed by atoms with Gasteiger partial charge in [-0.05, 0) is 66.7 Å². The quantitative estimate of drug-likeness (QED) is 0.485. The lowest BCUT2D eigenvalue weighted by atomic mass is 10.2. The van der Waals surface area contributed by atoms with E-state index in [0.717, 1.165) is 23.4 Å². The van der Waals surface area contributed by atoms with Crippen molar-refractivity contribution in [3.05, 3.63) is 65.5 Å². The van der Waals surface area contributed by atoms with Gasteiger partial charge in [-0.3, -0.25) is 5.43 Å². The first-order chi connectivity index (χ1) is 11.2. The van der Waals surface area contributed by atoms with Crippen molar-refractivity contribution in [1.82, 2.24) is 10.7 Å². The molecule has 0 radical (unpaired) electrons.